The van der Waals surface area contributed by atoms with Crippen molar-refractivity contribution in [3.05, 3.63) is 42.0 Å². The van der Waals surface area contributed by atoms with Crippen molar-refractivity contribution in [1.29, 1.82) is 0 Å². The molecule has 1 rings (SSSR count). The van der Waals surface area contributed by atoms with Crippen LogP contribution in [0.1, 0.15) is 10.4 Å². The first kappa shape index (κ1) is 11.3. The van der Waals surface area contributed by atoms with E-state index in [0.717, 1.165) is 0 Å². The molecule has 0 aliphatic heterocycles. The van der Waals surface area contributed by atoms with Gasteiger partial charge in [-0.25, -0.2) is 0 Å². The van der Waals surface area contributed by atoms with Gasteiger partial charge < -0.3 is 16.2 Å². The van der Waals surface area contributed by atoms with Crippen molar-refractivity contribution in [3.63, 3.8) is 0 Å². The maximum absolute atomic E-state index is 11.5. The van der Waals surface area contributed by atoms with Gasteiger partial charge in [0.1, 0.15) is 5.75 Å². The van der Waals surface area contributed by atoms with E-state index in [2.05, 4.69) is 5.32 Å². The van der Waals surface area contributed by atoms with Crippen molar-refractivity contribution in [1.82, 2.24) is 5.32 Å². The van der Waals surface area contributed by atoms with Crippen LogP contribution >= 0.6 is 0 Å². The zero-order valence-corrected chi connectivity index (χ0v) is 8.31. The Labute approximate surface area is 88.4 Å². The van der Waals surface area contributed by atoms with Crippen molar-refractivity contribution in [2.45, 2.75) is 0 Å². The molecule has 0 aliphatic carbocycles. The van der Waals surface area contributed by atoms with Crippen molar-refractivity contribution in [3.8, 4) is 5.75 Å². The minimum Gasteiger partial charge on any atom is -0.508 e. The van der Waals surface area contributed by atoms with E-state index in [1.807, 2.05) is 0 Å². The topological polar surface area (TPSA) is 75.3 Å². The number of hydrogen-bond donors (Lipinski definition) is 3. The summed E-state index contributed by atoms with van der Waals surface area (Å²) in [5.74, 6) is -0.132. The fraction of sp³-hybridized carbons (Fsp3) is 0.182. The third kappa shape index (κ3) is 3.83. The van der Waals surface area contributed by atoms with Crippen LogP contribution in [0.2, 0.25) is 0 Å². The molecular weight excluding hydrogens is 192 g/mol. The van der Waals surface area contributed by atoms with Gasteiger partial charge in [0.05, 0.1) is 0 Å². The Balaban J connectivity index is 2.50. The lowest BCUT2D eigenvalue weighted by molar-refractivity contribution is 0.0957. The molecule has 0 saturated carbocycles. The molecule has 0 saturated heterocycles. The summed E-state index contributed by atoms with van der Waals surface area (Å²) in [5, 5.41) is 11.8. The molecule has 0 unspecified atom stereocenters. The molecule has 80 valence electrons. The number of phenols is 1. The van der Waals surface area contributed by atoms with E-state index in [-0.39, 0.29) is 11.7 Å². The number of amides is 1. The summed E-state index contributed by atoms with van der Waals surface area (Å²) in [4.78, 5) is 11.5. The van der Waals surface area contributed by atoms with Gasteiger partial charge in [-0.2, -0.15) is 0 Å². The van der Waals surface area contributed by atoms with Crippen LogP contribution in [0.4, 0.5) is 0 Å². The Kier molecular flexibility index (Phi) is 4.37. The quantitative estimate of drug-likeness (QED) is 0.633. The molecule has 4 heteroatoms. The largest absolute Gasteiger partial charge is 0.508 e. The maximum Gasteiger partial charge on any atom is 0.251 e. The number of aromatic hydroxyl groups is 1. The van der Waals surface area contributed by atoms with Gasteiger partial charge in [0.25, 0.3) is 5.91 Å². The van der Waals surface area contributed by atoms with Crippen LogP contribution in [0.15, 0.2) is 36.4 Å². The van der Waals surface area contributed by atoms with Crippen LogP contribution in [-0.4, -0.2) is 24.1 Å². The van der Waals surface area contributed by atoms with E-state index in [9.17, 15) is 4.79 Å². The summed E-state index contributed by atoms with van der Waals surface area (Å²) in [6.45, 7) is 0.897. The monoisotopic (exact) mass is 206 g/mol. The molecule has 0 spiro atoms. The molecular formula is C11H14N2O2. The van der Waals surface area contributed by atoms with Gasteiger partial charge >= 0.3 is 0 Å². The highest BCUT2D eigenvalue weighted by Gasteiger charge is 2.03. The molecule has 0 atom stereocenters. The second-order valence-corrected chi connectivity index (χ2v) is 2.97. The average Bonchev–Trinajstić information content (AvgIpc) is 2.24. The Hall–Kier alpha value is -1.81. The lowest BCUT2D eigenvalue weighted by Gasteiger charge is -2.02. The maximum atomic E-state index is 11.5. The Morgan fingerprint density at radius 2 is 2.27 bits per heavy atom. The number of phenolic OH excluding ortho intramolecular Hbond substituents is 1. The van der Waals surface area contributed by atoms with E-state index in [1.54, 1.807) is 24.3 Å². The first-order valence-electron chi connectivity index (χ1n) is 4.66. The zero-order valence-electron chi connectivity index (χ0n) is 8.31. The average molecular weight is 206 g/mol. The molecule has 0 bridgehead atoms. The fourth-order valence-electron chi connectivity index (χ4n) is 1.08. The normalized spacial score (nSPS) is 10.5. The van der Waals surface area contributed by atoms with Gasteiger partial charge in [0.2, 0.25) is 0 Å². The number of nitrogens with two attached hydrogens (primary N) is 1. The number of benzene rings is 1. The summed E-state index contributed by atoms with van der Waals surface area (Å²) in [7, 11) is 0. The van der Waals surface area contributed by atoms with Crippen molar-refractivity contribution in [2.75, 3.05) is 13.1 Å². The molecule has 0 heterocycles. The van der Waals surface area contributed by atoms with Crippen LogP contribution in [0.3, 0.4) is 0 Å². The van der Waals surface area contributed by atoms with Crippen molar-refractivity contribution in [2.24, 2.45) is 5.73 Å². The van der Waals surface area contributed by atoms with E-state index in [0.29, 0.717) is 18.7 Å². The highest BCUT2D eigenvalue weighted by Crippen LogP contribution is 2.10. The highest BCUT2D eigenvalue weighted by molar-refractivity contribution is 5.94. The van der Waals surface area contributed by atoms with Gasteiger partial charge in [0.15, 0.2) is 0 Å². The zero-order chi connectivity index (χ0) is 11.1. The number of nitrogens with one attached hydrogen (secondary N) is 1. The number of carbonyl (C=O) groups is 1. The summed E-state index contributed by atoms with van der Waals surface area (Å²) in [6, 6.07) is 6.20. The van der Waals surface area contributed by atoms with Gasteiger partial charge in [-0.1, -0.05) is 18.2 Å². The molecule has 1 aromatic carbocycles. The molecule has 15 heavy (non-hydrogen) atoms. The molecule has 4 nitrogen and oxygen atoms in total. The highest BCUT2D eigenvalue weighted by atomic mass is 16.3. The van der Waals surface area contributed by atoms with Gasteiger partial charge in [0, 0.05) is 18.7 Å². The first-order valence-corrected chi connectivity index (χ1v) is 4.66. The number of rotatable bonds is 4. The summed E-state index contributed by atoms with van der Waals surface area (Å²) in [5.41, 5.74) is 5.68. The van der Waals surface area contributed by atoms with Crippen LogP contribution in [0, 0.1) is 0 Å². The smallest absolute Gasteiger partial charge is 0.251 e. The lowest BCUT2D eigenvalue weighted by atomic mass is 10.2. The Morgan fingerprint density at radius 1 is 1.47 bits per heavy atom. The van der Waals surface area contributed by atoms with Crippen LogP contribution in [-0.2, 0) is 0 Å². The van der Waals surface area contributed by atoms with E-state index < -0.39 is 0 Å². The summed E-state index contributed by atoms with van der Waals surface area (Å²) >= 11 is 0. The number of carbonyl (C=O) groups excluding carboxylic acids is 1. The van der Waals surface area contributed by atoms with Gasteiger partial charge in [-0.15, -0.1) is 0 Å². The fourth-order valence-corrected chi connectivity index (χ4v) is 1.08. The predicted octanol–water partition coefficient (Wildman–Crippen LogP) is 0.637. The van der Waals surface area contributed by atoms with Gasteiger partial charge in [-0.3, -0.25) is 4.79 Å². The van der Waals surface area contributed by atoms with Crippen LogP contribution in [0.25, 0.3) is 0 Å². The third-order valence-corrected chi connectivity index (χ3v) is 1.79. The molecule has 0 radical (unpaired) electrons. The molecule has 0 aliphatic rings. The van der Waals surface area contributed by atoms with E-state index in [1.165, 1.54) is 12.1 Å². The van der Waals surface area contributed by atoms with Crippen LogP contribution in [0.5, 0.6) is 5.75 Å². The second kappa shape index (κ2) is 5.82. The number of hydrogen-bond acceptors (Lipinski definition) is 3. The molecule has 4 N–H and O–H groups in total. The van der Waals surface area contributed by atoms with Crippen molar-refractivity contribution < 1.29 is 9.90 Å². The van der Waals surface area contributed by atoms with E-state index in [4.69, 9.17) is 10.8 Å². The second-order valence-electron chi connectivity index (χ2n) is 2.97. The first-order chi connectivity index (χ1) is 7.24. The third-order valence-electron chi connectivity index (χ3n) is 1.79. The molecule has 1 aromatic rings. The van der Waals surface area contributed by atoms with Crippen molar-refractivity contribution >= 4 is 5.91 Å². The van der Waals surface area contributed by atoms with Gasteiger partial charge in [-0.05, 0) is 18.2 Å². The molecule has 1 amide bonds. The molecule has 0 fully saturated rings. The predicted molar refractivity (Wildman–Crippen MR) is 58.6 cm³/mol. The minimum absolute atomic E-state index is 0.0835. The Morgan fingerprint density at radius 3 is 2.93 bits per heavy atom. The lowest BCUT2D eigenvalue weighted by Crippen LogP contribution is -2.23. The summed E-state index contributed by atoms with van der Waals surface area (Å²) in [6.07, 6.45) is 3.55. The summed E-state index contributed by atoms with van der Waals surface area (Å²) < 4.78 is 0. The minimum atomic E-state index is -0.215. The SMILES string of the molecule is NC/C=C/CNC(=O)c1cccc(O)c1. The standard InChI is InChI=1S/C11H14N2O2/c12-6-1-2-7-13-11(15)9-4-3-5-10(14)8-9/h1-5,8,14H,6-7,12H2,(H,13,15)/b2-1+. The molecule has 0 aromatic heterocycles. The van der Waals surface area contributed by atoms with E-state index >= 15 is 0 Å². The Bertz CT molecular complexity index is 361. The van der Waals surface area contributed by atoms with Crippen LogP contribution < -0.4 is 11.1 Å².